The number of rotatable bonds is 2. The van der Waals surface area contributed by atoms with Crippen LogP contribution < -0.4 is 9.55 Å². The summed E-state index contributed by atoms with van der Waals surface area (Å²) in [6.45, 7) is 3.08. The molecule has 20 heavy (non-hydrogen) atoms. The highest BCUT2D eigenvalue weighted by atomic mass is 16.5. The third-order valence-corrected chi connectivity index (χ3v) is 3.51. The van der Waals surface area contributed by atoms with E-state index in [1.165, 1.54) is 5.56 Å². The van der Waals surface area contributed by atoms with Gasteiger partial charge in [0.2, 0.25) is 6.34 Å². The molecule has 2 aromatic rings. The van der Waals surface area contributed by atoms with Gasteiger partial charge in [0.15, 0.2) is 12.4 Å². The standard InChI is InChI=1S/C16H18N3O/c1-14-7-9-15(10-8-14)18-11-17-12-19(20,13-18)16-5-3-2-4-6-16/h2-10,12,20H,11,13H2,1H3/q+1. The number of aryl methyl sites for hydroxylation is 1. The van der Waals surface area contributed by atoms with Gasteiger partial charge in [-0.25, -0.2) is 10.2 Å². The molecule has 0 radical (unpaired) electrons. The van der Waals surface area contributed by atoms with Crippen LogP contribution in [0.15, 0.2) is 59.6 Å². The van der Waals surface area contributed by atoms with Crippen LogP contribution in [0.25, 0.3) is 0 Å². The van der Waals surface area contributed by atoms with Gasteiger partial charge in [-0.05, 0) is 19.1 Å². The molecule has 4 heteroatoms. The second-order valence-corrected chi connectivity index (χ2v) is 5.12. The van der Waals surface area contributed by atoms with Crippen molar-refractivity contribution in [1.29, 1.82) is 0 Å². The number of hydroxylamine groups is 2. The van der Waals surface area contributed by atoms with Gasteiger partial charge in [-0.3, -0.25) is 0 Å². The van der Waals surface area contributed by atoms with Gasteiger partial charge in [0.1, 0.15) is 6.67 Å². The number of benzene rings is 2. The molecule has 0 bridgehead atoms. The number of aliphatic imine (C=N–C) groups is 1. The fourth-order valence-corrected chi connectivity index (χ4v) is 2.36. The van der Waals surface area contributed by atoms with E-state index in [4.69, 9.17) is 0 Å². The van der Waals surface area contributed by atoms with Crippen molar-refractivity contribution in [3.8, 4) is 0 Å². The molecule has 0 fully saturated rings. The molecule has 0 aliphatic carbocycles. The second-order valence-electron chi connectivity index (χ2n) is 5.12. The number of quaternary nitrogens is 1. The zero-order valence-corrected chi connectivity index (χ0v) is 11.5. The van der Waals surface area contributed by atoms with Gasteiger partial charge < -0.3 is 4.90 Å². The summed E-state index contributed by atoms with van der Waals surface area (Å²) in [4.78, 5) is 6.37. The Hall–Kier alpha value is -2.17. The molecule has 0 aromatic heterocycles. The zero-order valence-electron chi connectivity index (χ0n) is 11.5. The van der Waals surface area contributed by atoms with Crippen molar-refractivity contribution in [3.05, 3.63) is 60.2 Å². The van der Waals surface area contributed by atoms with Gasteiger partial charge in [0, 0.05) is 17.8 Å². The summed E-state index contributed by atoms with van der Waals surface area (Å²) in [5.74, 6) is 0. The molecule has 1 N–H and O–H groups in total. The van der Waals surface area contributed by atoms with Crippen molar-refractivity contribution in [2.75, 3.05) is 18.2 Å². The first-order valence-corrected chi connectivity index (χ1v) is 6.66. The van der Waals surface area contributed by atoms with Crippen LogP contribution in [0, 0.1) is 6.92 Å². The zero-order chi connectivity index (χ0) is 14.0. The maximum Gasteiger partial charge on any atom is 0.226 e. The van der Waals surface area contributed by atoms with Gasteiger partial charge in [-0.15, -0.1) is 0 Å². The van der Waals surface area contributed by atoms with Crippen LogP contribution in [-0.4, -0.2) is 24.9 Å². The van der Waals surface area contributed by atoms with E-state index >= 15 is 0 Å². The minimum Gasteiger partial charge on any atom is -0.302 e. The van der Waals surface area contributed by atoms with E-state index in [0.717, 1.165) is 11.4 Å². The fraction of sp³-hybridized carbons (Fsp3) is 0.188. The van der Waals surface area contributed by atoms with Crippen LogP contribution in [0.1, 0.15) is 5.56 Å². The quantitative estimate of drug-likeness (QED) is 0.849. The molecule has 1 aliphatic rings. The van der Waals surface area contributed by atoms with E-state index in [-0.39, 0.29) is 4.65 Å². The lowest BCUT2D eigenvalue weighted by Gasteiger charge is -2.34. The van der Waals surface area contributed by atoms with E-state index in [9.17, 15) is 5.21 Å². The van der Waals surface area contributed by atoms with Gasteiger partial charge in [0.25, 0.3) is 0 Å². The molecule has 0 saturated heterocycles. The summed E-state index contributed by atoms with van der Waals surface area (Å²) in [5, 5.41) is 10.8. The van der Waals surface area contributed by atoms with E-state index in [2.05, 4.69) is 41.1 Å². The average Bonchev–Trinajstić information content (AvgIpc) is 2.49. The summed E-state index contributed by atoms with van der Waals surface area (Å²) < 4.78 is -0.297. The van der Waals surface area contributed by atoms with Crippen molar-refractivity contribution in [3.63, 3.8) is 0 Å². The van der Waals surface area contributed by atoms with E-state index in [0.29, 0.717) is 13.3 Å². The summed E-state index contributed by atoms with van der Waals surface area (Å²) in [6.07, 6.45) is 1.60. The summed E-state index contributed by atoms with van der Waals surface area (Å²) in [6, 6.07) is 17.9. The molecular formula is C16H18N3O+. The summed E-state index contributed by atoms with van der Waals surface area (Å²) >= 11 is 0. The van der Waals surface area contributed by atoms with Crippen molar-refractivity contribution >= 4 is 17.7 Å². The molecule has 1 aliphatic heterocycles. The van der Waals surface area contributed by atoms with Gasteiger partial charge in [0.05, 0.1) is 0 Å². The second kappa shape index (κ2) is 5.07. The molecule has 1 heterocycles. The Morgan fingerprint density at radius 3 is 2.45 bits per heavy atom. The average molecular weight is 268 g/mol. The summed E-state index contributed by atoms with van der Waals surface area (Å²) in [5.41, 5.74) is 3.11. The van der Waals surface area contributed by atoms with Gasteiger partial charge >= 0.3 is 0 Å². The van der Waals surface area contributed by atoms with Crippen molar-refractivity contribution in [2.45, 2.75) is 6.92 Å². The highest BCUT2D eigenvalue weighted by Crippen LogP contribution is 2.24. The number of para-hydroxylation sites is 1. The lowest BCUT2D eigenvalue weighted by Crippen LogP contribution is -2.55. The maximum atomic E-state index is 10.8. The fourth-order valence-electron chi connectivity index (χ4n) is 2.36. The predicted molar refractivity (Wildman–Crippen MR) is 81.9 cm³/mol. The normalized spacial score (nSPS) is 22.0. The van der Waals surface area contributed by atoms with Crippen LogP contribution >= 0.6 is 0 Å². The van der Waals surface area contributed by atoms with Crippen molar-refractivity contribution < 1.29 is 5.21 Å². The highest BCUT2D eigenvalue weighted by molar-refractivity contribution is 5.73. The van der Waals surface area contributed by atoms with Crippen molar-refractivity contribution in [2.24, 2.45) is 4.99 Å². The van der Waals surface area contributed by atoms with Crippen LogP contribution in [-0.2, 0) is 0 Å². The Morgan fingerprint density at radius 2 is 1.75 bits per heavy atom. The van der Waals surface area contributed by atoms with Crippen LogP contribution in [0.2, 0.25) is 0 Å². The lowest BCUT2D eigenvalue weighted by atomic mass is 10.2. The molecule has 102 valence electrons. The molecule has 1 atom stereocenters. The molecule has 3 rings (SSSR count). The van der Waals surface area contributed by atoms with Crippen LogP contribution in [0.3, 0.4) is 0 Å². The van der Waals surface area contributed by atoms with Gasteiger partial charge in [-0.2, -0.15) is 0 Å². The number of nitrogens with zero attached hydrogens (tertiary/aromatic N) is 3. The first-order chi connectivity index (χ1) is 9.67. The minimum absolute atomic E-state index is 0.297. The van der Waals surface area contributed by atoms with Crippen molar-refractivity contribution in [1.82, 2.24) is 4.65 Å². The largest absolute Gasteiger partial charge is 0.302 e. The summed E-state index contributed by atoms with van der Waals surface area (Å²) in [7, 11) is 0. The van der Waals surface area contributed by atoms with E-state index in [1.807, 2.05) is 30.3 Å². The SMILES string of the molecule is Cc1ccc(N2CN=C[N+](O)(c3ccccc3)C2)cc1. The first kappa shape index (κ1) is 12.8. The third kappa shape index (κ3) is 2.43. The molecule has 1 unspecified atom stereocenters. The lowest BCUT2D eigenvalue weighted by molar-refractivity contribution is -0.00408. The third-order valence-electron chi connectivity index (χ3n) is 3.51. The Kier molecular flexibility index (Phi) is 3.26. The Balaban J connectivity index is 1.88. The molecule has 2 aromatic carbocycles. The van der Waals surface area contributed by atoms with Crippen LogP contribution in [0.4, 0.5) is 11.4 Å². The molecule has 0 amide bonds. The van der Waals surface area contributed by atoms with Crippen LogP contribution in [0.5, 0.6) is 0 Å². The molecule has 0 saturated carbocycles. The number of hydrogen-bond acceptors (Lipinski definition) is 3. The van der Waals surface area contributed by atoms with E-state index in [1.54, 1.807) is 6.34 Å². The topological polar surface area (TPSA) is 35.8 Å². The van der Waals surface area contributed by atoms with Gasteiger partial charge in [-0.1, -0.05) is 40.5 Å². The Morgan fingerprint density at radius 1 is 1.05 bits per heavy atom. The highest BCUT2D eigenvalue weighted by Gasteiger charge is 2.33. The molecule has 4 nitrogen and oxygen atoms in total. The van der Waals surface area contributed by atoms with E-state index < -0.39 is 0 Å². The number of hydrogen-bond donors (Lipinski definition) is 1. The predicted octanol–water partition coefficient (Wildman–Crippen LogP) is 3.16. The Bertz CT molecular complexity index is 609. The molecular weight excluding hydrogens is 250 g/mol. The molecule has 0 spiro atoms. The number of anilines is 1. The first-order valence-electron chi connectivity index (χ1n) is 6.66. The Labute approximate surface area is 118 Å². The maximum absolute atomic E-state index is 10.8. The smallest absolute Gasteiger partial charge is 0.226 e. The monoisotopic (exact) mass is 268 g/mol. The minimum atomic E-state index is -0.297.